The van der Waals surface area contributed by atoms with Gasteiger partial charge in [-0.3, -0.25) is 14.4 Å². The van der Waals surface area contributed by atoms with Gasteiger partial charge in [0, 0.05) is 19.1 Å². The summed E-state index contributed by atoms with van der Waals surface area (Å²) in [5.41, 5.74) is 7.80. The average Bonchev–Trinajstić information content (AvgIpc) is 3.30. The third-order valence-electron chi connectivity index (χ3n) is 6.32. The summed E-state index contributed by atoms with van der Waals surface area (Å²) in [5.74, 6) is -1.68. The maximum absolute atomic E-state index is 13.5. The minimum atomic E-state index is -0.522. The Morgan fingerprint density at radius 2 is 1.70 bits per heavy atom. The predicted octanol–water partition coefficient (Wildman–Crippen LogP) is 3.89. The summed E-state index contributed by atoms with van der Waals surface area (Å²) in [4.78, 5) is 40.5. The van der Waals surface area contributed by atoms with E-state index in [4.69, 9.17) is 5.73 Å². The second kappa shape index (κ2) is 12.4. The number of carbonyl (C=O) groups excluding carboxylic acids is 3. The van der Waals surface area contributed by atoms with Crippen LogP contribution in [0.3, 0.4) is 0 Å². The average molecular weight is 524 g/mol. The molecule has 2 aromatic carbocycles. The molecular weight excluding hydrogens is 493 g/mol. The van der Waals surface area contributed by atoms with Gasteiger partial charge in [0.1, 0.15) is 17.2 Å². The molecule has 0 unspecified atom stereocenters. The lowest BCUT2D eigenvalue weighted by atomic mass is 9.95. The van der Waals surface area contributed by atoms with E-state index in [-0.39, 0.29) is 41.3 Å². The van der Waals surface area contributed by atoms with Gasteiger partial charge in [0.2, 0.25) is 5.91 Å². The van der Waals surface area contributed by atoms with E-state index in [2.05, 4.69) is 15.0 Å². The van der Waals surface area contributed by atoms with E-state index in [1.807, 2.05) is 30.3 Å². The molecule has 0 radical (unpaired) electrons. The second-order valence-corrected chi connectivity index (χ2v) is 9.91. The lowest BCUT2D eigenvalue weighted by Gasteiger charge is -2.23. The zero-order valence-electron chi connectivity index (χ0n) is 20.4. The zero-order valence-corrected chi connectivity index (χ0v) is 21.2. The Bertz CT molecular complexity index is 1230. The molecule has 0 saturated heterocycles. The Kier molecular flexibility index (Phi) is 8.84. The van der Waals surface area contributed by atoms with Crippen molar-refractivity contribution in [3.8, 4) is 0 Å². The number of aromatic nitrogens is 1. The summed E-state index contributed by atoms with van der Waals surface area (Å²) >= 11 is 0.835. The quantitative estimate of drug-likeness (QED) is 0.393. The molecule has 1 aliphatic carbocycles. The third kappa shape index (κ3) is 7.13. The monoisotopic (exact) mass is 523 g/mol. The van der Waals surface area contributed by atoms with E-state index in [9.17, 15) is 18.8 Å². The number of amides is 3. The normalized spacial score (nSPS) is 13.6. The third-order valence-corrected chi connectivity index (χ3v) is 7.17. The smallest absolute Gasteiger partial charge is 0.273 e. The molecule has 8 nitrogen and oxygen atoms in total. The summed E-state index contributed by atoms with van der Waals surface area (Å²) in [6.45, 7) is 0.120. The highest BCUT2D eigenvalue weighted by atomic mass is 32.1. The number of nitrogens with zero attached hydrogens (tertiary/aromatic N) is 2. The molecule has 1 heterocycles. The van der Waals surface area contributed by atoms with Gasteiger partial charge in [0.15, 0.2) is 5.69 Å². The molecule has 0 spiro atoms. The Morgan fingerprint density at radius 1 is 1.00 bits per heavy atom. The minimum Gasteiger partial charge on any atom is -0.395 e. The molecule has 194 valence electrons. The lowest BCUT2D eigenvalue weighted by molar-refractivity contribution is -0.122. The molecule has 0 bridgehead atoms. The van der Waals surface area contributed by atoms with Gasteiger partial charge in [0.05, 0.1) is 5.69 Å². The van der Waals surface area contributed by atoms with Gasteiger partial charge >= 0.3 is 0 Å². The van der Waals surface area contributed by atoms with Crippen molar-refractivity contribution >= 4 is 34.9 Å². The number of hydrogen-bond donors (Lipinski definition) is 3. The first-order valence-electron chi connectivity index (χ1n) is 12.3. The first-order chi connectivity index (χ1) is 17.9. The maximum atomic E-state index is 13.5. The fraction of sp³-hybridized carbons (Fsp3) is 0.333. The molecule has 0 aliphatic heterocycles. The van der Waals surface area contributed by atoms with Crippen LogP contribution in [0.25, 0.3) is 0 Å². The predicted molar refractivity (Wildman–Crippen MR) is 140 cm³/mol. The van der Waals surface area contributed by atoms with Crippen molar-refractivity contribution in [3.05, 3.63) is 82.1 Å². The number of nitrogens with two attached hydrogens (primary N) is 1. The summed E-state index contributed by atoms with van der Waals surface area (Å²) in [6, 6.07) is 15.2. The molecule has 3 aromatic rings. The van der Waals surface area contributed by atoms with E-state index in [1.165, 1.54) is 17.0 Å². The van der Waals surface area contributed by atoms with Crippen LogP contribution < -0.4 is 16.4 Å². The summed E-state index contributed by atoms with van der Waals surface area (Å²) in [7, 11) is 0. The second-order valence-electron chi connectivity index (χ2n) is 9.13. The lowest BCUT2D eigenvalue weighted by Crippen LogP contribution is -2.40. The number of hydrogen-bond acceptors (Lipinski definition) is 6. The maximum Gasteiger partial charge on any atom is 0.273 e. The fourth-order valence-corrected chi connectivity index (χ4v) is 5.06. The first-order valence-corrected chi connectivity index (χ1v) is 13.1. The molecule has 4 rings (SSSR count). The van der Waals surface area contributed by atoms with Gasteiger partial charge in [-0.05, 0) is 47.6 Å². The van der Waals surface area contributed by atoms with Gasteiger partial charge in [0.25, 0.3) is 11.8 Å². The molecule has 3 amide bonds. The summed E-state index contributed by atoms with van der Waals surface area (Å²) in [6.07, 6.45) is 5.10. The van der Waals surface area contributed by atoms with Crippen molar-refractivity contribution in [1.29, 1.82) is 0 Å². The van der Waals surface area contributed by atoms with E-state index in [0.717, 1.165) is 49.2 Å². The van der Waals surface area contributed by atoms with Gasteiger partial charge < -0.3 is 21.3 Å². The van der Waals surface area contributed by atoms with E-state index >= 15 is 0 Å². The van der Waals surface area contributed by atoms with Crippen LogP contribution in [-0.2, 0) is 17.9 Å². The van der Waals surface area contributed by atoms with Crippen molar-refractivity contribution in [2.45, 2.75) is 51.2 Å². The van der Waals surface area contributed by atoms with Gasteiger partial charge in [-0.15, -0.1) is 0 Å². The number of nitrogen functional groups attached to an aromatic ring is 1. The van der Waals surface area contributed by atoms with Crippen molar-refractivity contribution in [2.24, 2.45) is 0 Å². The largest absolute Gasteiger partial charge is 0.395 e. The van der Waals surface area contributed by atoms with Crippen molar-refractivity contribution < 1.29 is 18.8 Å². The highest BCUT2D eigenvalue weighted by Crippen LogP contribution is 2.25. The summed E-state index contributed by atoms with van der Waals surface area (Å²) in [5, 5.41) is 5.78. The Morgan fingerprint density at radius 3 is 2.41 bits per heavy atom. The highest BCUT2D eigenvalue weighted by Gasteiger charge is 2.28. The van der Waals surface area contributed by atoms with Crippen LogP contribution in [0.4, 0.5) is 10.1 Å². The van der Waals surface area contributed by atoms with Crippen LogP contribution in [0.1, 0.15) is 63.4 Å². The molecule has 37 heavy (non-hydrogen) atoms. The van der Waals surface area contributed by atoms with Gasteiger partial charge in [-0.25, -0.2) is 4.39 Å². The van der Waals surface area contributed by atoms with E-state index < -0.39 is 17.6 Å². The number of benzene rings is 2. The number of anilines is 1. The first kappa shape index (κ1) is 26.3. The van der Waals surface area contributed by atoms with Crippen LogP contribution in [0, 0.1) is 5.82 Å². The minimum absolute atomic E-state index is 0.00268. The molecule has 1 aliphatic rings. The van der Waals surface area contributed by atoms with Crippen LogP contribution >= 0.6 is 11.5 Å². The standard InChI is InChI=1S/C27H30FN5O3S/c28-20-13-11-19(12-14-20)16-33(17-22(34)30-15-18-7-3-1-4-8-18)27(36)25-23(29)24(32-37-25)26(35)31-21-9-5-2-6-10-21/h1,3-4,7-8,11-14,21H,2,5-6,9-10,15-17,29H2,(H,30,34)(H,31,35). The van der Waals surface area contributed by atoms with E-state index in [0.29, 0.717) is 12.1 Å². The molecule has 1 fully saturated rings. The molecular formula is C27H30FN5O3S. The van der Waals surface area contributed by atoms with Crippen molar-refractivity contribution in [2.75, 3.05) is 12.3 Å². The number of carbonyl (C=O) groups is 3. The SMILES string of the molecule is Nc1c(C(=O)NC2CCCCC2)nsc1C(=O)N(CC(=O)NCc1ccccc1)Cc1ccc(F)cc1. The van der Waals surface area contributed by atoms with Crippen LogP contribution in [0.15, 0.2) is 54.6 Å². The van der Waals surface area contributed by atoms with Gasteiger partial charge in [-0.2, -0.15) is 4.37 Å². The topological polar surface area (TPSA) is 117 Å². The van der Waals surface area contributed by atoms with Gasteiger partial charge in [-0.1, -0.05) is 61.7 Å². The van der Waals surface area contributed by atoms with Crippen LogP contribution in [0.2, 0.25) is 0 Å². The van der Waals surface area contributed by atoms with Crippen LogP contribution in [-0.4, -0.2) is 39.6 Å². The van der Waals surface area contributed by atoms with Crippen molar-refractivity contribution in [3.63, 3.8) is 0 Å². The van der Waals surface area contributed by atoms with E-state index in [1.54, 1.807) is 12.1 Å². The Balaban J connectivity index is 1.48. The number of rotatable bonds is 9. The molecule has 0 atom stereocenters. The highest BCUT2D eigenvalue weighted by molar-refractivity contribution is 7.09. The molecule has 1 aromatic heterocycles. The Hall–Kier alpha value is -3.79. The van der Waals surface area contributed by atoms with Crippen LogP contribution in [0.5, 0.6) is 0 Å². The molecule has 4 N–H and O–H groups in total. The number of halogens is 1. The fourth-order valence-electron chi connectivity index (χ4n) is 4.29. The Labute approximate surface area is 219 Å². The van der Waals surface area contributed by atoms with Crippen molar-refractivity contribution in [1.82, 2.24) is 19.9 Å². The zero-order chi connectivity index (χ0) is 26.2. The molecule has 10 heteroatoms. The number of nitrogens with one attached hydrogen (secondary N) is 2. The molecule has 1 saturated carbocycles. The summed E-state index contributed by atoms with van der Waals surface area (Å²) < 4.78 is 17.6.